The molecule has 2 aromatic carbocycles. The number of nitrogens with zero attached hydrogens (tertiary/aromatic N) is 1. The first kappa shape index (κ1) is 17.8. The van der Waals surface area contributed by atoms with Crippen LogP contribution in [0.2, 0.25) is 0 Å². The third-order valence-electron chi connectivity index (χ3n) is 4.53. The van der Waals surface area contributed by atoms with Gasteiger partial charge in [0.25, 0.3) is 0 Å². The number of rotatable bonds is 6. The minimum atomic E-state index is 0.108. The molecule has 0 amide bonds. The van der Waals surface area contributed by atoms with Crippen molar-refractivity contribution >= 4 is 28.4 Å². The molecule has 3 aromatic rings. The van der Waals surface area contributed by atoms with Crippen LogP contribution < -0.4 is 0 Å². The van der Waals surface area contributed by atoms with Crippen LogP contribution in [0.4, 0.5) is 0 Å². The van der Waals surface area contributed by atoms with Crippen molar-refractivity contribution in [2.45, 2.75) is 39.0 Å². The van der Waals surface area contributed by atoms with Gasteiger partial charge in [0.15, 0.2) is 5.78 Å². The molecule has 3 heteroatoms. The smallest absolute Gasteiger partial charge is 0.195 e. The SMILES string of the molecule is Cc1c(C(=O)c2ccccc2)c2ccccc2n1C(C)CSC(C)C. The molecule has 0 spiro atoms. The molecule has 0 bridgehead atoms. The van der Waals surface area contributed by atoms with Crippen molar-refractivity contribution < 1.29 is 4.79 Å². The Labute approximate surface area is 154 Å². The number of hydrogen-bond acceptors (Lipinski definition) is 2. The first-order chi connectivity index (χ1) is 12.0. The van der Waals surface area contributed by atoms with E-state index >= 15 is 0 Å². The van der Waals surface area contributed by atoms with Crippen LogP contribution in [0.25, 0.3) is 10.9 Å². The number of aromatic nitrogens is 1. The third kappa shape index (κ3) is 3.52. The van der Waals surface area contributed by atoms with E-state index < -0.39 is 0 Å². The minimum Gasteiger partial charge on any atom is -0.341 e. The van der Waals surface area contributed by atoms with Crippen LogP contribution in [0, 0.1) is 6.92 Å². The lowest BCUT2D eigenvalue weighted by Gasteiger charge is -2.18. The molecule has 2 nitrogen and oxygen atoms in total. The molecule has 0 aliphatic heterocycles. The number of benzene rings is 2. The molecule has 1 atom stereocenters. The molecular weight excluding hydrogens is 326 g/mol. The van der Waals surface area contributed by atoms with Gasteiger partial charge in [0, 0.05) is 34.0 Å². The van der Waals surface area contributed by atoms with Gasteiger partial charge in [-0.15, -0.1) is 0 Å². The minimum absolute atomic E-state index is 0.108. The van der Waals surface area contributed by atoms with Crippen molar-refractivity contribution in [2.24, 2.45) is 0 Å². The van der Waals surface area contributed by atoms with Crippen LogP contribution in [0.15, 0.2) is 54.6 Å². The second-order valence-electron chi connectivity index (χ2n) is 6.77. The van der Waals surface area contributed by atoms with Gasteiger partial charge in [0.2, 0.25) is 0 Å². The molecule has 0 aliphatic rings. The highest BCUT2D eigenvalue weighted by molar-refractivity contribution is 7.99. The predicted molar refractivity (Wildman–Crippen MR) is 109 cm³/mol. The maximum absolute atomic E-state index is 13.2. The summed E-state index contributed by atoms with van der Waals surface area (Å²) in [4.78, 5) is 13.2. The average Bonchev–Trinajstić information content (AvgIpc) is 2.91. The topological polar surface area (TPSA) is 22.0 Å². The van der Waals surface area contributed by atoms with E-state index in [1.807, 2.05) is 48.2 Å². The monoisotopic (exact) mass is 351 g/mol. The molecular formula is C22H25NOS. The molecule has 0 saturated carbocycles. The zero-order valence-corrected chi connectivity index (χ0v) is 16.1. The fraction of sp³-hybridized carbons (Fsp3) is 0.318. The lowest BCUT2D eigenvalue weighted by molar-refractivity contribution is 0.103. The number of para-hydroxylation sites is 1. The summed E-state index contributed by atoms with van der Waals surface area (Å²) in [5.74, 6) is 1.15. The Morgan fingerprint density at radius 2 is 1.64 bits per heavy atom. The Kier molecular flexibility index (Phi) is 5.33. The molecule has 3 rings (SSSR count). The van der Waals surface area contributed by atoms with E-state index in [9.17, 15) is 4.79 Å². The summed E-state index contributed by atoms with van der Waals surface area (Å²) in [5.41, 5.74) is 3.80. The average molecular weight is 352 g/mol. The highest BCUT2D eigenvalue weighted by Gasteiger charge is 2.23. The van der Waals surface area contributed by atoms with Gasteiger partial charge in [-0.05, 0) is 25.2 Å². The molecule has 1 heterocycles. The van der Waals surface area contributed by atoms with E-state index in [1.165, 1.54) is 0 Å². The number of carbonyl (C=O) groups is 1. The zero-order valence-electron chi connectivity index (χ0n) is 15.3. The fourth-order valence-electron chi connectivity index (χ4n) is 3.39. The summed E-state index contributed by atoms with van der Waals surface area (Å²) in [6.45, 7) is 8.77. The number of carbonyl (C=O) groups excluding carboxylic acids is 1. The van der Waals surface area contributed by atoms with Crippen LogP contribution in [0.5, 0.6) is 0 Å². The molecule has 1 aromatic heterocycles. The number of thioether (sulfide) groups is 1. The Bertz CT molecular complexity index is 880. The summed E-state index contributed by atoms with van der Waals surface area (Å²) in [6, 6.07) is 18.2. The lowest BCUT2D eigenvalue weighted by atomic mass is 10.0. The van der Waals surface area contributed by atoms with Gasteiger partial charge in [0.05, 0.1) is 5.56 Å². The quantitative estimate of drug-likeness (QED) is 0.517. The summed E-state index contributed by atoms with van der Waals surface area (Å²) < 4.78 is 2.33. The first-order valence-electron chi connectivity index (χ1n) is 8.81. The lowest BCUT2D eigenvalue weighted by Crippen LogP contribution is -2.12. The Hall–Kier alpha value is -2.00. The van der Waals surface area contributed by atoms with E-state index in [4.69, 9.17) is 0 Å². The van der Waals surface area contributed by atoms with Crippen molar-refractivity contribution in [3.8, 4) is 0 Å². The van der Waals surface area contributed by atoms with Gasteiger partial charge in [-0.25, -0.2) is 0 Å². The van der Waals surface area contributed by atoms with Gasteiger partial charge in [0.1, 0.15) is 0 Å². The molecule has 0 aliphatic carbocycles. The molecule has 0 N–H and O–H groups in total. The second kappa shape index (κ2) is 7.49. The zero-order chi connectivity index (χ0) is 18.0. The number of ketones is 1. The highest BCUT2D eigenvalue weighted by atomic mass is 32.2. The van der Waals surface area contributed by atoms with E-state index in [1.54, 1.807) is 0 Å². The highest BCUT2D eigenvalue weighted by Crippen LogP contribution is 2.32. The largest absolute Gasteiger partial charge is 0.341 e. The van der Waals surface area contributed by atoms with Crippen molar-refractivity contribution in [1.29, 1.82) is 0 Å². The van der Waals surface area contributed by atoms with Crippen molar-refractivity contribution in [1.82, 2.24) is 4.57 Å². The van der Waals surface area contributed by atoms with E-state index in [0.29, 0.717) is 11.3 Å². The van der Waals surface area contributed by atoms with Crippen LogP contribution in [-0.2, 0) is 0 Å². The summed E-state index contributed by atoms with van der Waals surface area (Å²) in [7, 11) is 0. The number of hydrogen-bond donors (Lipinski definition) is 0. The first-order valence-corrected chi connectivity index (χ1v) is 9.86. The van der Waals surface area contributed by atoms with Crippen LogP contribution in [0.1, 0.15) is 48.4 Å². The van der Waals surface area contributed by atoms with Gasteiger partial charge in [-0.3, -0.25) is 4.79 Å². The molecule has 0 saturated heterocycles. The Morgan fingerprint density at radius 1 is 1.00 bits per heavy atom. The standard InChI is InChI=1S/C22H25NOS/c1-15(2)25-14-16(3)23-17(4)21(19-12-8-9-13-20(19)23)22(24)18-10-6-5-7-11-18/h5-13,15-16H,14H2,1-4H3. The van der Waals surface area contributed by atoms with Gasteiger partial charge in [-0.1, -0.05) is 62.4 Å². The molecule has 0 radical (unpaired) electrons. The Morgan fingerprint density at radius 3 is 2.32 bits per heavy atom. The van der Waals surface area contributed by atoms with Gasteiger partial charge < -0.3 is 4.57 Å². The molecule has 0 fully saturated rings. The van der Waals surface area contributed by atoms with E-state index in [2.05, 4.69) is 50.5 Å². The normalized spacial score (nSPS) is 12.7. The van der Waals surface area contributed by atoms with Crippen LogP contribution in [0.3, 0.4) is 0 Å². The predicted octanol–water partition coefficient (Wildman–Crippen LogP) is 5.88. The maximum Gasteiger partial charge on any atom is 0.195 e. The maximum atomic E-state index is 13.2. The van der Waals surface area contributed by atoms with E-state index in [0.717, 1.165) is 33.5 Å². The Balaban J connectivity index is 2.11. The fourth-order valence-corrected chi connectivity index (χ4v) is 4.20. The molecule has 130 valence electrons. The van der Waals surface area contributed by atoms with Crippen molar-refractivity contribution in [3.05, 3.63) is 71.4 Å². The van der Waals surface area contributed by atoms with Crippen LogP contribution >= 0.6 is 11.8 Å². The van der Waals surface area contributed by atoms with E-state index in [-0.39, 0.29) is 5.78 Å². The molecule has 1 unspecified atom stereocenters. The van der Waals surface area contributed by atoms with Crippen molar-refractivity contribution in [3.63, 3.8) is 0 Å². The van der Waals surface area contributed by atoms with Gasteiger partial charge in [-0.2, -0.15) is 11.8 Å². The second-order valence-corrected chi connectivity index (χ2v) is 8.38. The third-order valence-corrected chi connectivity index (χ3v) is 5.87. The molecule has 25 heavy (non-hydrogen) atoms. The summed E-state index contributed by atoms with van der Waals surface area (Å²) in [5, 5.41) is 1.66. The van der Waals surface area contributed by atoms with Crippen LogP contribution in [-0.4, -0.2) is 21.4 Å². The van der Waals surface area contributed by atoms with Gasteiger partial charge >= 0.3 is 0 Å². The summed E-state index contributed by atoms with van der Waals surface area (Å²) >= 11 is 1.96. The number of fused-ring (bicyclic) bond motifs is 1. The summed E-state index contributed by atoms with van der Waals surface area (Å²) in [6.07, 6.45) is 0. The van der Waals surface area contributed by atoms with Crippen molar-refractivity contribution in [2.75, 3.05) is 5.75 Å².